The van der Waals surface area contributed by atoms with Gasteiger partial charge in [0.15, 0.2) is 0 Å². The number of unbranched alkanes of at least 4 members (excludes halogenated alkanes) is 1. The minimum atomic E-state index is 1.06. The van der Waals surface area contributed by atoms with E-state index in [1.165, 1.54) is 23.0 Å². The Hall–Kier alpha value is -0.350. The van der Waals surface area contributed by atoms with Crippen LogP contribution in [0.15, 0.2) is 4.47 Å². The molecule has 1 N–H and O–H groups in total. The van der Waals surface area contributed by atoms with Crippen LogP contribution in [0.3, 0.4) is 0 Å². The maximum atomic E-state index is 4.38. The molecular formula is C11H20BrN3. The zero-order chi connectivity index (χ0) is 11.3. The SMILES string of the molecule is CCNCCCCc1c(Br)c(C)nn1C. The van der Waals surface area contributed by atoms with Crippen molar-refractivity contribution in [2.45, 2.75) is 33.1 Å². The lowest BCUT2D eigenvalue weighted by molar-refractivity contribution is 0.616. The van der Waals surface area contributed by atoms with Crippen molar-refractivity contribution in [1.82, 2.24) is 15.1 Å². The lowest BCUT2D eigenvalue weighted by Gasteiger charge is -2.03. The molecule has 1 aromatic rings. The average Bonchev–Trinajstić information content (AvgIpc) is 2.44. The Bertz CT molecular complexity index is 307. The molecule has 3 nitrogen and oxygen atoms in total. The summed E-state index contributed by atoms with van der Waals surface area (Å²) in [6.45, 7) is 6.35. The van der Waals surface area contributed by atoms with Crippen LogP contribution in [0.25, 0.3) is 0 Å². The second kappa shape index (κ2) is 6.28. The molecule has 15 heavy (non-hydrogen) atoms. The minimum Gasteiger partial charge on any atom is -0.317 e. The predicted molar refractivity (Wildman–Crippen MR) is 67.1 cm³/mol. The fourth-order valence-electron chi connectivity index (χ4n) is 1.67. The Labute approximate surface area is 100 Å². The summed E-state index contributed by atoms with van der Waals surface area (Å²) in [6.07, 6.45) is 3.54. The topological polar surface area (TPSA) is 29.9 Å². The Morgan fingerprint density at radius 3 is 2.67 bits per heavy atom. The van der Waals surface area contributed by atoms with Gasteiger partial charge in [0.2, 0.25) is 0 Å². The van der Waals surface area contributed by atoms with E-state index in [4.69, 9.17) is 0 Å². The number of halogens is 1. The molecule has 1 rings (SSSR count). The third-order valence-electron chi connectivity index (χ3n) is 2.53. The van der Waals surface area contributed by atoms with E-state index in [2.05, 4.69) is 33.3 Å². The first-order valence-corrected chi connectivity index (χ1v) is 6.34. The molecule has 0 bridgehead atoms. The van der Waals surface area contributed by atoms with E-state index in [1.807, 2.05) is 18.7 Å². The third kappa shape index (κ3) is 3.61. The van der Waals surface area contributed by atoms with E-state index in [0.717, 1.165) is 25.2 Å². The van der Waals surface area contributed by atoms with Gasteiger partial charge in [0.25, 0.3) is 0 Å². The summed E-state index contributed by atoms with van der Waals surface area (Å²) in [5.41, 5.74) is 2.39. The number of hydrogen-bond donors (Lipinski definition) is 1. The molecule has 4 heteroatoms. The van der Waals surface area contributed by atoms with Crippen molar-refractivity contribution in [1.29, 1.82) is 0 Å². The van der Waals surface area contributed by atoms with Gasteiger partial charge in [-0.05, 0) is 55.2 Å². The lowest BCUT2D eigenvalue weighted by atomic mass is 10.2. The van der Waals surface area contributed by atoms with Crippen molar-refractivity contribution in [2.75, 3.05) is 13.1 Å². The monoisotopic (exact) mass is 273 g/mol. The zero-order valence-corrected chi connectivity index (χ0v) is 11.4. The molecular weight excluding hydrogens is 254 g/mol. The van der Waals surface area contributed by atoms with Crippen molar-refractivity contribution in [3.63, 3.8) is 0 Å². The van der Waals surface area contributed by atoms with Gasteiger partial charge in [0.05, 0.1) is 15.9 Å². The van der Waals surface area contributed by atoms with Gasteiger partial charge in [-0.2, -0.15) is 5.10 Å². The standard InChI is InChI=1S/C11H20BrN3/c1-4-13-8-6-5-7-10-11(12)9(2)14-15(10)3/h13H,4-8H2,1-3H3. The minimum absolute atomic E-state index is 1.06. The first kappa shape index (κ1) is 12.7. The molecule has 0 spiro atoms. The van der Waals surface area contributed by atoms with Crippen LogP contribution in [0, 0.1) is 6.92 Å². The van der Waals surface area contributed by atoms with Gasteiger partial charge in [-0.3, -0.25) is 4.68 Å². The zero-order valence-electron chi connectivity index (χ0n) is 9.81. The molecule has 1 aromatic heterocycles. The number of rotatable bonds is 6. The van der Waals surface area contributed by atoms with Crippen LogP contribution in [0.4, 0.5) is 0 Å². The van der Waals surface area contributed by atoms with E-state index in [-0.39, 0.29) is 0 Å². The second-order valence-electron chi connectivity index (χ2n) is 3.78. The fraction of sp³-hybridized carbons (Fsp3) is 0.727. The normalized spacial score (nSPS) is 10.9. The fourth-order valence-corrected chi connectivity index (χ4v) is 2.21. The molecule has 0 unspecified atom stereocenters. The third-order valence-corrected chi connectivity index (χ3v) is 3.56. The molecule has 0 saturated carbocycles. The Kier molecular flexibility index (Phi) is 5.32. The summed E-state index contributed by atoms with van der Waals surface area (Å²) in [4.78, 5) is 0. The smallest absolute Gasteiger partial charge is 0.0738 e. The van der Waals surface area contributed by atoms with Crippen molar-refractivity contribution in [3.8, 4) is 0 Å². The summed E-state index contributed by atoms with van der Waals surface area (Å²) in [6, 6.07) is 0. The van der Waals surface area contributed by atoms with Crippen LogP contribution in [-0.2, 0) is 13.5 Å². The molecule has 86 valence electrons. The summed E-state index contributed by atoms with van der Waals surface area (Å²) in [5.74, 6) is 0. The predicted octanol–water partition coefficient (Wildman–Crippen LogP) is 2.42. The maximum absolute atomic E-state index is 4.38. The van der Waals surface area contributed by atoms with Gasteiger partial charge in [-0.15, -0.1) is 0 Å². The largest absolute Gasteiger partial charge is 0.317 e. The highest BCUT2D eigenvalue weighted by molar-refractivity contribution is 9.10. The van der Waals surface area contributed by atoms with Gasteiger partial charge < -0.3 is 5.32 Å². The number of aromatic nitrogens is 2. The second-order valence-corrected chi connectivity index (χ2v) is 4.57. The van der Waals surface area contributed by atoms with Crippen molar-refractivity contribution in [2.24, 2.45) is 7.05 Å². The highest BCUT2D eigenvalue weighted by Crippen LogP contribution is 2.21. The quantitative estimate of drug-likeness (QED) is 0.807. The van der Waals surface area contributed by atoms with Crippen LogP contribution in [0.1, 0.15) is 31.2 Å². The summed E-state index contributed by atoms with van der Waals surface area (Å²) < 4.78 is 3.15. The molecule has 0 amide bonds. The summed E-state index contributed by atoms with van der Waals surface area (Å²) in [5, 5.41) is 7.71. The van der Waals surface area contributed by atoms with Crippen LogP contribution in [0.2, 0.25) is 0 Å². The molecule has 0 saturated heterocycles. The molecule has 0 radical (unpaired) electrons. The highest BCUT2D eigenvalue weighted by Gasteiger charge is 2.09. The van der Waals surface area contributed by atoms with E-state index in [1.54, 1.807) is 0 Å². The van der Waals surface area contributed by atoms with Crippen LogP contribution in [-0.4, -0.2) is 22.9 Å². The highest BCUT2D eigenvalue weighted by atomic mass is 79.9. The number of nitrogens with zero attached hydrogens (tertiary/aromatic N) is 2. The van der Waals surface area contributed by atoms with Crippen molar-refractivity contribution < 1.29 is 0 Å². The molecule has 0 aliphatic rings. The first-order valence-electron chi connectivity index (χ1n) is 5.55. The molecule has 0 aliphatic heterocycles. The molecule has 0 fully saturated rings. The van der Waals surface area contributed by atoms with E-state index in [9.17, 15) is 0 Å². The average molecular weight is 274 g/mol. The Balaban J connectivity index is 2.37. The molecule has 0 aliphatic carbocycles. The Morgan fingerprint density at radius 1 is 1.40 bits per heavy atom. The van der Waals surface area contributed by atoms with Crippen LogP contribution >= 0.6 is 15.9 Å². The summed E-state index contributed by atoms with van der Waals surface area (Å²) in [7, 11) is 2.01. The lowest BCUT2D eigenvalue weighted by Crippen LogP contribution is -2.14. The van der Waals surface area contributed by atoms with E-state index < -0.39 is 0 Å². The number of nitrogens with one attached hydrogen (secondary N) is 1. The van der Waals surface area contributed by atoms with Crippen molar-refractivity contribution >= 4 is 15.9 Å². The van der Waals surface area contributed by atoms with Gasteiger partial charge >= 0.3 is 0 Å². The number of hydrogen-bond acceptors (Lipinski definition) is 2. The van der Waals surface area contributed by atoms with Crippen LogP contribution in [0.5, 0.6) is 0 Å². The van der Waals surface area contributed by atoms with Gasteiger partial charge in [-0.25, -0.2) is 0 Å². The van der Waals surface area contributed by atoms with Gasteiger partial charge in [-0.1, -0.05) is 6.92 Å². The number of aryl methyl sites for hydroxylation is 2. The van der Waals surface area contributed by atoms with Gasteiger partial charge in [0, 0.05) is 7.05 Å². The van der Waals surface area contributed by atoms with E-state index >= 15 is 0 Å². The summed E-state index contributed by atoms with van der Waals surface area (Å²) >= 11 is 3.58. The first-order chi connectivity index (χ1) is 7.16. The maximum Gasteiger partial charge on any atom is 0.0738 e. The molecule has 0 aromatic carbocycles. The van der Waals surface area contributed by atoms with Gasteiger partial charge in [0.1, 0.15) is 0 Å². The Morgan fingerprint density at radius 2 is 2.13 bits per heavy atom. The molecule has 0 atom stereocenters. The van der Waals surface area contributed by atoms with Crippen LogP contribution < -0.4 is 5.32 Å². The molecule has 1 heterocycles. The van der Waals surface area contributed by atoms with Crippen molar-refractivity contribution in [3.05, 3.63) is 15.9 Å². The van der Waals surface area contributed by atoms with E-state index in [0.29, 0.717) is 0 Å².